The van der Waals surface area contributed by atoms with Gasteiger partial charge in [0.25, 0.3) is 0 Å². The van der Waals surface area contributed by atoms with Gasteiger partial charge in [-0.15, -0.1) is 45.3 Å². The molecular weight excluding hydrogens is 1790 g/mol. The molecule has 678 valence electrons. The lowest BCUT2D eigenvalue weighted by atomic mass is 9.95. The number of thiophene rings is 4. The summed E-state index contributed by atoms with van der Waals surface area (Å²) < 4.78 is 41.5. The molecule has 4 fully saturated rings. The smallest absolute Gasteiger partial charge is 0.206 e. The van der Waals surface area contributed by atoms with Gasteiger partial charge in [0.15, 0.2) is 0 Å². The summed E-state index contributed by atoms with van der Waals surface area (Å²) in [5.74, 6) is 2.87. The highest BCUT2D eigenvalue weighted by Crippen LogP contribution is 2.48. The van der Waals surface area contributed by atoms with E-state index < -0.39 is 5.82 Å². The average molecular weight is 1890 g/mol. The molecule has 0 saturated carbocycles. The van der Waals surface area contributed by atoms with E-state index in [1.54, 1.807) is 103 Å². The molecule has 16 nitrogen and oxygen atoms in total. The maximum Gasteiger partial charge on any atom is 0.206 e. The molecule has 4 saturated heterocycles. The largest absolute Gasteiger partial charge is 0.508 e. The van der Waals surface area contributed by atoms with Crippen LogP contribution in [0, 0.1) is 19.7 Å². The number of benzene rings is 12. The molecule has 16 aromatic rings. The quantitative estimate of drug-likeness (QED) is 0.0229. The molecule has 133 heavy (non-hydrogen) atoms. The monoisotopic (exact) mass is 1890 g/mol. The normalized spacial score (nSPS) is 13.7. The first-order chi connectivity index (χ1) is 64.8. The predicted molar refractivity (Wildman–Crippen MR) is 539 cm³/mol. The van der Waals surface area contributed by atoms with E-state index >= 15 is 0 Å². The number of ketones is 4. The summed E-state index contributed by atoms with van der Waals surface area (Å²) in [6.07, 6.45) is 9.25. The number of aryl methyl sites for hydroxylation is 2. The second-order valence-electron chi connectivity index (χ2n) is 33.7. The third kappa shape index (κ3) is 22.4. The fourth-order valence-electron chi connectivity index (χ4n) is 16.8. The number of fused-ring (bicyclic) bond motifs is 4. The molecule has 4 aromatic heterocycles. The molecule has 0 aliphatic carbocycles. The predicted octanol–water partition coefficient (Wildman–Crippen LogP) is 26.0. The van der Waals surface area contributed by atoms with Gasteiger partial charge < -0.3 is 59.0 Å². The Morgan fingerprint density at radius 1 is 0.331 bits per heavy atom. The van der Waals surface area contributed by atoms with E-state index in [9.17, 15) is 44.0 Å². The molecule has 0 unspecified atom stereocenters. The van der Waals surface area contributed by atoms with Gasteiger partial charge >= 0.3 is 0 Å². The summed E-state index contributed by atoms with van der Waals surface area (Å²) in [6, 6.07) is 78.2. The molecule has 0 bridgehead atoms. The highest BCUT2D eigenvalue weighted by Gasteiger charge is 2.29. The fraction of sp³-hybridized carbons (Fsp3) is 0.236. The summed E-state index contributed by atoms with van der Waals surface area (Å²) in [6.45, 7) is 20.7. The fourth-order valence-corrected chi connectivity index (χ4v) is 22.0. The summed E-state index contributed by atoms with van der Waals surface area (Å²) in [4.78, 5) is 66.0. The lowest BCUT2D eigenvalue weighted by Gasteiger charge is -2.30. The number of aromatic hydroxyl groups is 4. The Bertz CT molecular complexity index is 6640. The van der Waals surface area contributed by atoms with E-state index in [1.807, 2.05) is 159 Å². The zero-order valence-electron chi connectivity index (χ0n) is 73.9. The molecule has 20 rings (SSSR count). The highest BCUT2D eigenvalue weighted by atomic mass is 35.5. The Hall–Kier alpha value is -12.1. The summed E-state index contributed by atoms with van der Waals surface area (Å²) in [5.41, 5.74) is 11.0. The first kappa shape index (κ1) is 92.7. The van der Waals surface area contributed by atoms with E-state index in [1.165, 1.54) is 136 Å². The van der Waals surface area contributed by atoms with Crippen molar-refractivity contribution >= 4 is 132 Å². The number of carbonyl (C=O) groups excluding carboxylic acids is 4. The van der Waals surface area contributed by atoms with Gasteiger partial charge in [-0.3, -0.25) is 19.2 Å². The number of likely N-dealkylation sites (tertiary alicyclic amines) is 4. The Kier molecular flexibility index (Phi) is 30.2. The van der Waals surface area contributed by atoms with Crippen LogP contribution in [0.2, 0.25) is 10.0 Å². The van der Waals surface area contributed by atoms with E-state index in [0.717, 1.165) is 171 Å². The van der Waals surface area contributed by atoms with Crippen LogP contribution < -0.4 is 18.9 Å². The number of halogens is 3. The number of rotatable bonds is 32. The number of ether oxygens (including phenoxy) is 4. The molecule has 12 aromatic carbocycles. The van der Waals surface area contributed by atoms with Gasteiger partial charge in [0.2, 0.25) is 23.1 Å². The third-order valence-corrected chi connectivity index (χ3v) is 29.6. The van der Waals surface area contributed by atoms with Crippen LogP contribution in [0.5, 0.6) is 46.0 Å². The zero-order valence-corrected chi connectivity index (χ0v) is 78.7. The van der Waals surface area contributed by atoms with Gasteiger partial charge in [0.1, 0.15) is 51.8 Å². The third-order valence-electron chi connectivity index (χ3n) is 24.4. The minimum Gasteiger partial charge on any atom is -0.508 e. The molecule has 0 spiro atoms. The van der Waals surface area contributed by atoms with Crippen molar-refractivity contribution in [3.8, 4) is 90.5 Å². The summed E-state index contributed by atoms with van der Waals surface area (Å²) in [5, 5.41) is 44.6. The number of hydrogen-bond donors (Lipinski definition) is 4. The maximum absolute atomic E-state index is 14.4. The van der Waals surface area contributed by atoms with Crippen LogP contribution in [-0.2, 0) is 0 Å². The number of hydrogen-bond acceptors (Lipinski definition) is 20. The van der Waals surface area contributed by atoms with Crippen molar-refractivity contribution in [1.82, 2.24) is 19.6 Å². The lowest BCUT2D eigenvalue weighted by molar-refractivity contribution is 0.103. The van der Waals surface area contributed by atoms with Crippen molar-refractivity contribution in [2.45, 2.75) is 65.2 Å². The van der Waals surface area contributed by atoms with Crippen molar-refractivity contribution < 1.29 is 62.9 Å². The Labute approximate surface area is 798 Å². The van der Waals surface area contributed by atoms with Crippen molar-refractivity contribution in [3.05, 3.63) is 330 Å². The van der Waals surface area contributed by atoms with Gasteiger partial charge in [-0.05, 0) is 315 Å². The lowest BCUT2D eigenvalue weighted by Crippen LogP contribution is -2.38. The molecule has 0 radical (unpaired) electrons. The number of nitrogens with zero attached hydrogens (tertiary/aromatic N) is 4. The van der Waals surface area contributed by atoms with Gasteiger partial charge in [-0.1, -0.05) is 120 Å². The van der Waals surface area contributed by atoms with Crippen LogP contribution in [0.3, 0.4) is 0 Å². The highest BCUT2D eigenvalue weighted by molar-refractivity contribution is 7.23. The second-order valence-corrected chi connectivity index (χ2v) is 38.8. The zero-order chi connectivity index (χ0) is 92.0. The Balaban J connectivity index is 0.000000124. The second kappa shape index (κ2) is 43.3. The van der Waals surface area contributed by atoms with Crippen molar-refractivity contribution in [2.24, 2.45) is 0 Å². The van der Waals surface area contributed by atoms with E-state index in [4.69, 9.17) is 42.1 Å². The van der Waals surface area contributed by atoms with E-state index in [0.29, 0.717) is 72.7 Å². The Morgan fingerprint density at radius 2 is 0.632 bits per heavy atom. The number of carbonyl (C=O) groups is 4. The van der Waals surface area contributed by atoms with Gasteiger partial charge in [-0.25, -0.2) is 4.39 Å². The minimum absolute atomic E-state index is 0.0134. The number of phenolic OH excluding ortho intramolecular Hbond substituents is 4. The first-order valence-corrected chi connectivity index (χ1v) is 49.2. The van der Waals surface area contributed by atoms with E-state index in [2.05, 4.69) is 19.6 Å². The molecule has 4 N–H and O–H groups in total. The minimum atomic E-state index is -0.546. The molecule has 4 aliphatic heterocycles. The van der Waals surface area contributed by atoms with E-state index in [-0.39, 0.29) is 51.7 Å². The van der Waals surface area contributed by atoms with Crippen LogP contribution in [0.15, 0.2) is 261 Å². The van der Waals surface area contributed by atoms with Gasteiger partial charge in [0.05, 0.1) is 56.5 Å². The van der Waals surface area contributed by atoms with Crippen LogP contribution in [-0.4, -0.2) is 168 Å². The molecule has 0 atom stereocenters. The topological polar surface area (TPSA) is 199 Å². The molecule has 4 aliphatic rings. The maximum atomic E-state index is 14.4. The van der Waals surface area contributed by atoms with Crippen molar-refractivity contribution in [3.63, 3.8) is 0 Å². The molecular formula is C110H101Cl2FN4O12S4. The molecule has 8 heterocycles. The van der Waals surface area contributed by atoms with Crippen LogP contribution in [0.1, 0.15) is 123 Å². The SMILES string of the molecule is Cc1ccc(C(=O)c2sc3cc(O)ccc3c2-c2ccc(OCCCN3CCC3)cc2)c(C)c1.O=C(c1ccc(Cl)cc1)c1sc2cc(O)ccc2c1-c1ccc(OCCCN2CCC2)cc1.O=C(c1ccccc1Cl)c1sc2cc(O)ccc2c1-c1ccc(OCCCN2CCC2)cc1.O=C(c1ccccc1F)c1sc2cc(O)ccc2c1-c1ccc(OCCCN2CCC2)cc1. The van der Waals surface area contributed by atoms with Crippen molar-refractivity contribution in [2.75, 3.05) is 105 Å². The van der Waals surface area contributed by atoms with Crippen molar-refractivity contribution in [1.29, 1.82) is 0 Å². The van der Waals surface area contributed by atoms with Crippen LogP contribution in [0.4, 0.5) is 4.39 Å². The van der Waals surface area contributed by atoms with Gasteiger partial charge in [0, 0.05) is 110 Å². The standard InChI is InChI=1S/C29H29NO3S.2C27H24ClNO3S.C27H24FNO3S/c1-19-5-11-24(20(2)17-19)28(32)29-27(25-12-8-22(31)18-26(25)34-29)21-6-9-23(10-7-21)33-16-4-15-30-13-3-14-30;28-20-7-3-19(4-8-20)26(31)27-25(23-12-9-21(30)17-24(23)33-27)18-5-10-22(11-6-18)32-16-2-15-29-13-1-14-29;2*28-23-6-2-1-5-21(23)26(31)27-25(22-12-9-19(30)17-24(22)33-27)18-7-10-20(11-8-18)32-16-4-15-29-13-3-14-29/h5-12,17-18,31H,3-4,13-16H2,1-2H3;3-12,17,30H,1-2,13-16H2;2*1-2,5-12,17,30H,3-4,13-16H2. The van der Waals surface area contributed by atoms with Gasteiger partial charge in [-0.2, -0.15) is 0 Å². The Morgan fingerprint density at radius 3 is 0.940 bits per heavy atom. The number of phenols is 4. The summed E-state index contributed by atoms with van der Waals surface area (Å²) >= 11 is 17.8. The van der Waals surface area contributed by atoms with Crippen LogP contribution >= 0.6 is 68.5 Å². The van der Waals surface area contributed by atoms with Crippen LogP contribution in [0.25, 0.3) is 84.9 Å². The summed E-state index contributed by atoms with van der Waals surface area (Å²) in [7, 11) is 0. The average Bonchev–Trinajstić information content (AvgIpc) is 1.65. The molecule has 23 heteroatoms. The molecule has 0 amide bonds. The first-order valence-electron chi connectivity index (χ1n) is 45.1.